The van der Waals surface area contributed by atoms with Crippen LogP contribution in [0.1, 0.15) is 32.8 Å². The molecule has 3 nitrogen and oxygen atoms in total. The summed E-state index contributed by atoms with van der Waals surface area (Å²) >= 11 is 0. The smallest absolute Gasteiger partial charge is 0.121 e. The summed E-state index contributed by atoms with van der Waals surface area (Å²) in [6.45, 7) is 9.46. The third kappa shape index (κ3) is 2.71. The van der Waals surface area contributed by atoms with Crippen molar-refractivity contribution in [3.63, 3.8) is 0 Å². The molecular formula is C16H25NO2. The van der Waals surface area contributed by atoms with Gasteiger partial charge in [0.05, 0.1) is 13.2 Å². The molecular weight excluding hydrogens is 238 g/mol. The molecule has 2 rings (SSSR count). The molecule has 1 fully saturated rings. The van der Waals surface area contributed by atoms with Gasteiger partial charge in [-0.2, -0.15) is 0 Å². The van der Waals surface area contributed by atoms with Crippen LogP contribution in [0.3, 0.4) is 0 Å². The van der Waals surface area contributed by atoms with Crippen molar-refractivity contribution in [1.82, 2.24) is 0 Å². The summed E-state index contributed by atoms with van der Waals surface area (Å²) in [5.74, 6) is 0.936. The van der Waals surface area contributed by atoms with Gasteiger partial charge in [0, 0.05) is 23.8 Å². The summed E-state index contributed by atoms with van der Waals surface area (Å²) in [5, 5.41) is 3.61. The predicted molar refractivity (Wildman–Crippen MR) is 79.0 cm³/mol. The fourth-order valence-corrected chi connectivity index (χ4v) is 2.78. The Balaban J connectivity index is 2.01. The van der Waals surface area contributed by atoms with Crippen LogP contribution in [0.25, 0.3) is 0 Å². The molecule has 2 atom stereocenters. The van der Waals surface area contributed by atoms with Gasteiger partial charge in [0.25, 0.3) is 0 Å². The molecule has 0 spiro atoms. The van der Waals surface area contributed by atoms with Crippen molar-refractivity contribution in [1.29, 1.82) is 0 Å². The van der Waals surface area contributed by atoms with Crippen molar-refractivity contribution in [3.05, 3.63) is 23.8 Å². The first-order valence-corrected chi connectivity index (χ1v) is 7.01. The Morgan fingerprint density at radius 2 is 2.11 bits per heavy atom. The molecule has 1 aromatic rings. The summed E-state index contributed by atoms with van der Waals surface area (Å²) < 4.78 is 11.0. The summed E-state index contributed by atoms with van der Waals surface area (Å²) in [5.41, 5.74) is 2.50. The van der Waals surface area contributed by atoms with Gasteiger partial charge in [-0.25, -0.2) is 0 Å². The zero-order valence-electron chi connectivity index (χ0n) is 12.6. The monoisotopic (exact) mass is 263 g/mol. The second kappa shape index (κ2) is 5.41. The number of methoxy groups -OCH3 is 1. The maximum absolute atomic E-state index is 5.76. The average molecular weight is 263 g/mol. The number of benzene rings is 1. The van der Waals surface area contributed by atoms with E-state index in [1.165, 1.54) is 0 Å². The van der Waals surface area contributed by atoms with Crippen LogP contribution in [0.4, 0.5) is 5.69 Å². The summed E-state index contributed by atoms with van der Waals surface area (Å²) in [7, 11) is 1.71. The van der Waals surface area contributed by atoms with Crippen LogP contribution < -0.4 is 10.1 Å². The number of rotatable bonds is 5. The third-order valence-corrected chi connectivity index (χ3v) is 4.28. The molecule has 0 aromatic heterocycles. The first-order chi connectivity index (χ1) is 8.98. The zero-order valence-corrected chi connectivity index (χ0v) is 12.6. The molecule has 2 unspecified atom stereocenters. The highest BCUT2D eigenvalue weighted by molar-refractivity contribution is 5.52. The van der Waals surface area contributed by atoms with Crippen molar-refractivity contribution >= 4 is 5.69 Å². The van der Waals surface area contributed by atoms with Gasteiger partial charge in [-0.15, -0.1) is 0 Å². The van der Waals surface area contributed by atoms with Gasteiger partial charge in [-0.1, -0.05) is 13.8 Å². The standard InChI is InChI=1S/C16H25NO2/c1-6-19-15-10-14(16(15,3)4)17-12-7-8-13(18-5)11(2)9-12/h7-9,14-15,17H,6,10H2,1-5H3. The minimum absolute atomic E-state index is 0.184. The van der Waals surface area contributed by atoms with Crippen LogP contribution in [-0.4, -0.2) is 25.9 Å². The Morgan fingerprint density at radius 3 is 2.63 bits per heavy atom. The van der Waals surface area contributed by atoms with E-state index in [2.05, 4.69) is 45.1 Å². The molecule has 0 saturated heterocycles. The number of ether oxygens (including phenoxy) is 2. The molecule has 19 heavy (non-hydrogen) atoms. The second-order valence-electron chi connectivity index (χ2n) is 5.88. The van der Waals surface area contributed by atoms with Gasteiger partial charge in [-0.3, -0.25) is 0 Å². The van der Waals surface area contributed by atoms with Gasteiger partial charge in [0.15, 0.2) is 0 Å². The summed E-state index contributed by atoms with van der Waals surface area (Å²) in [4.78, 5) is 0. The van der Waals surface area contributed by atoms with E-state index >= 15 is 0 Å². The van der Waals surface area contributed by atoms with Crippen LogP contribution in [0, 0.1) is 12.3 Å². The fraction of sp³-hybridized carbons (Fsp3) is 0.625. The van der Waals surface area contributed by atoms with E-state index in [4.69, 9.17) is 9.47 Å². The van der Waals surface area contributed by atoms with E-state index in [9.17, 15) is 0 Å². The molecule has 1 N–H and O–H groups in total. The topological polar surface area (TPSA) is 30.5 Å². The van der Waals surface area contributed by atoms with Crippen molar-refractivity contribution in [2.45, 2.75) is 46.3 Å². The van der Waals surface area contributed by atoms with Gasteiger partial charge in [-0.05, 0) is 44.0 Å². The van der Waals surface area contributed by atoms with E-state index < -0.39 is 0 Å². The Bertz CT molecular complexity index is 442. The Morgan fingerprint density at radius 1 is 1.37 bits per heavy atom. The minimum Gasteiger partial charge on any atom is -0.496 e. The molecule has 0 heterocycles. The first kappa shape index (κ1) is 14.2. The lowest BCUT2D eigenvalue weighted by atomic mass is 9.64. The van der Waals surface area contributed by atoms with Gasteiger partial charge >= 0.3 is 0 Å². The van der Waals surface area contributed by atoms with Crippen molar-refractivity contribution in [2.24, 2.45) is 5.41 Å². The number of hydrogen-bond acceptors (Lipinski definition) is 3. The molecule has 1 aliphatic rings. The highest BCUT2D eigenvalue weighted by Crippen LogP contribution is 2.44. The molecule has 1 saturated carbocycles. The SMILES string of the molecule is CCOC1CC(Nc2ccc(OC)c(C)c2)C1(C)C. The predicted octanol–water partition coefficient (Wildman–Crippen LogP) is 3.62. The molecule has 1 aromatic carbocycles. The highest BCUT2D eigenvalue weighted by Gasteiger charge is 2.48. The van der Waals surface area contributed by atoms with E-state index in [1.54, 1.807) is 7.11 Å². The first-order valence-electron chi connectivity index (χ1n) is 7.01. The molecule has 0 radical (unpaired) electrons. The highest BCUT2D eigenvalue weighted by atomic mass is 16.5. The van der Waals surface area contributed by atoms with Crippen molar-refractivity contribution in [3.8, 4) is 5.75 Å². The molecule has 0 bridgehead atoms. The second-order valence-corrected chi connectivity index (χ2v) is 5.88. The van der Waals surface area contributed by atoms with Crippen molar-refractivity contribution < 1.29 is 9.47 Å². The van der Waals surface area contributed by atoms with Crippen LogP contribution in [-0.2, 0) is 4.74 Å². The molecule has 3 heteroatoms. The minimum atomic E-state index is 0.184. The maximum atomic E-state index is 5.76. The lowest BCUT2D eigenvalue weighted by Crippen LogP contribution is -2.58. The average Bonchev–Trinajstić information content (AvgIpc) is 2.38. The largest absolute Gasteiger partial charge is 0.496 e. The van der Waals surface area contributed by atoms with Gasteiger partial charge in [0.2, 0.25) is 0 Å². The Kier molecular flexibility index (Phi) is 4.04. The van der Waals surface area contributed by atoms with Crippen LogP contribution in [0.15, 0.2) is 18.2 Å². The van der Waals surface area contributed by atoms with E-state index in [0.29, 0.717) is 12.1 Å². The third-order valence-electron chi connectivity index (χ3n) is 4.28. The number of nitrogens with one attached hydrogen (secondary N) is 1. The van der Waals surface area contributed by atoms with E-state index in [1.807, 2.05) is 6.07 Å². The van der Waals surface area contributed by atoms with Crippen LogP contribution in [0.5, 0.6) is 5.75 Å². The lowest BCUT2D eigenvalue weighted by Gasteiger charge is -2.52. The van der Waals surface area contributed by atoms with Gasteiger partial charge in [0.1, 0.15) is 5.75 Å². The number of hydrogen-bond donors (Lipinski definition) is 1. The van der Waals surface area contributed by atoms with Crippen LogP contribution in [0.2, 0.25) is 0 Å². The normalized spacial score (nSPS) is 24.7. The van der Waals surface area contributed by atoms with Crippen molar-refractivity contribution in [2.75, 3.05) is 19.0 Å². The molecule has 106 valence electrons. The maximum Gasteiger partial charge on any atom is 0.121 e. The van der Waals surface area contributed by atoms with Crippen LogP contribution >= 0.6 is 0 Å². The van der Waals surface area contributed by atoms with Gasteiger partial charge < -0.3 is 14.8 Å². The molecule has 0 amide bonds. The fourth-order valence-electron chi connectivity index (χ4n) is 2.78. The quantitative estimate of drug-likeness (QED) is 0.880. The molecule has 1 aliphatic carbocycles. The van der Waals surface area contributed by atoms with E-state index in [-0.39, 0.29) is 5.41 Å². The lowest BCUT2D eigenvalue weighted by molar-refractivity contribution is -0.0975. The molecule has 0 aliphatic heterocycles. The Hall–Kier alpha value is -1.22. The summed E-state index contributed by atoms with van der Waals surface area (Å²) in [6, 6.07) is 6.71. The zero-order chi connectivity index (χ0) is 14.0. The summed E-state index contributed by atoms with van der Waals surface area (Å²) in [6.07, 6.45) is 1.45. The van der Waals surface area contributed by atoms with E-state index in [0.717, 1.165) is 30.0 Å². The number of anilines is 1. The Labute approximate surface area is 116 Å². The number of aryl methyl sites for hydroxylation is 1.